The molecule has 0 bridgehead atoms. The van der Waals surface area contributed by atoms with E-state index in [1.54, 1.807) is 12.1 Å². The summed E-state index contributed by atoms with van der Waals surface area (Å²) in [4.78, 5) is 27.4. The summed E-state index contributed by atoms with van der Waals surface area (Å²) in [6.45, 7) is 4.79. The second-order valence-corrected chi connectivity index (χ2v) is 7.42. The lowest BCUT2D eigenvalue weighted by Gasteiger charge is -2.43. The first-order valence-electron chi connectivity index (χ1n) is 9.48. The number of nitrogens with zero attached hydrogens (tertiary/aromatic N) is 1. The number of benzene rings is 1. The Morgan fingerprint density at radius 2 is 2.15 bits per heavy atom. The topological polar surface area (TPSA) is 58.6 Å². The number of carbonyl (C=O) groups excluding carboxylic acids is 2. The standard InChI is InChI=1S/C20H27FN2O3/c1-3-11-22-18(24)17-13-26-20(10-6-7-14(2)12-20)23(17)19(25)15-8-4-5-9-16(15)21/h4-5,8-9,14,17H,3,6-7,10-13H2,1-2H3,(H,22,24)/t14-,17-,20+/m0/s1. The average Bonchev–Trinajstić information content (AvgIpc) is 2.97. The van der Waals surface area contributed by atoms with Crippen LogP contribution in [0.4, 0.5) is 4.39 Å². The van der Waals surface area contributed by atoms with Crippen LogP contribution in [0, 0.1) is 11.7 Å². The molecule has 3 atom stereocenters. The van der Waals surface area contributed by atoms with E-state index in [1.165, 1.54) is 17.0 Å². The van der Waals surface area contributed by atoms with E-state index in [9.17, 15) is 14.0 Å². The smallest absolute Gasteiger partial charge is 0.259 e. The molecular weight excluding hydrogens is 335 g/mol. The zero-order valence-electron chi connectivity index (χ0n) is 15.5. The average molecular weight is 362 g/mol. The molecule has 2 fully saturated rings. The maximum absolute atomic E-state index is 14.3. The highest BCUT2D eigenvalue weighted by atomic mass is 19.1. The summed E-state index contributed by atoms with van der Waals surface area (Å²) in [5.41, 5.74) is -0.825. The molecule has 2 amide bonds. The molecule has 1 saturated heterocycles. The van der Waals surface area contributed by atoms with Gasteiger partial charge in [0.15, 0.2) is 0 Å². The minimum Gasteiger partial charge on any atom is -0.354 e. The highest BCUT2D eigenvalue weighted by Gasteiger charge is 2.54. The minimum atomic E-state index is -0.814. The van der Waals surface area contributed by atoms with Crippen molar-refractivity contribution in [1.82, 2.24) is 10.2 Å². The lowest BCUT2D eigenvalue weighted by Crippen LogP contribution is -2.57. The lowest BCUT2D eigenvalue weighted by atomic mass is 9.83. The normalized spacial score (nSPS) is 28.3. The second-order valence-electron chi connectivity index (χ2n) is 7.42. The summed E-state index contributed by atoms with van der Waals surface area (Å²) in [5.74, 6) is -0.883. The highest BCUT2D eigenvalue weighted by Crippen LogP contribution is 2.43. The molecule has 0 aromatic heterocycles. The molecule has 0 radical (unpaired) electrons. The summed E-state index contributed by atoms with van der Waals surface area (Å²) in [5, 5.41) is 2.85. The molecule has 1 heterocycles. The Labute approximate surface area is 153 Å². The largest absolute Gasteiger partial charge is 0.354 e. The van der Waals surface area contributed by atoms with E-state index in [-0.39, 0.29) is 18.1 Å². The third-order valence-corrected chi connectivity index (χ3v) is 5.37. The molecule has 1 aromatic carbocycles. The van der Waals surface area contributed by atoms with Crippen molar-refractivity contribution in [3.8, 4) is 0 Å². The molecule has 26 heavy (non-hydrogen) atoms. The number of carbonyl (C=O) groups is 2. The molecule has 1 aliphatic heterocycles. The molecule has 142 valence electrons. The van der Waals surface area contributed by atoms with Crippen molar-refractivity contribution in [2.45, 2.75) is 57.7 Å². The third kappa shape index (κ3) is 3.47. The minimum absolute atomic E-state index is 0.0103. The zero-order valence-corrected chi connectivity index (χ0v) is 15.5. The van der Waals surface area contributed by atoms with Gasteiger partial charge < -0.3 is 10.1 Å². The van der Waals surface area contributed by atoms with Crippen molar-refractivity contribution in [2.24, 2.45) is 5.92 Å². The molecule has 0 unspecified atom stereocenters. The number of ether oxygens (including phenoxy) is 1. The van der Waals surface area contributed by atoms with E-state index < -0.39 is 23.5 Å². The fourth-order valence-corrected chi connectivity index (χ4v) is 4.14. The molecular formula is C20H27FN2O3. The lowest BCUT2D eigenvalue weighted by molar-refractivity contribution is -0.128. The predicted octanol–water partition coefficient (Wildman–Crippen LogP) is 3.10. The molecule has 6 heteroatoms. The number of hydrogen-bond donors (Lipinski definition) is 1. The molecule has 3 rings (SSSR count). The molecule has 2 aliphatic rings. The summed E-state index contributed by atoms with van der Waals surface area (Å²) in [6, 6.07) is 5.20. The van der Waals surface area contributed by atoms with E-state index in [4.69, 9.17) is 4.74 Å². The SMILES string of the molecule is CCCNC(=O)[C@@H]1CO[C@@]2(CCC[C@H](C)C2)N1C(=O)c1ccccc1F. The van der Waals surface area contributed by atoms with Gasteiger partial charge in [0, 0.05) is 6.54 Å². The van der Waals surface area contributed by atoms with Gasteiger partial charge in [0.05, 0.1) is 12.2 Å². The van der Waals surface area contributed by atoms with E-state index >= 15 is 0 Å². The quantitative estimate of drug-likeness (QED) is 0.895. The fourth-order valence-electron chi connectivity index (χ4n) is 4.14. The molecule has 1 spiro atoms. The summed E-state index contributed by atoms with van der Waals surface area (Å²) >= 11 is 0. The molecule has 5 nitrogen and oxygen atoms in total. The predicted molar refractivity (Wildman–Crippen MR) is 96.0 cm³/mol. The van der Waals surface area contributed by atoms with Crippen LogP contribution in [0.25, 0.3) is 0 Å². The first kappa shape index (κ1) is 18.8. The Morgan fingerprint density at radius 1 is 1.38 bits per heavy atom. The Kier molecular flexibility index (Phi) is 5.61. The maximum Gasteiger partial charge on any atom is 0.259 e. The van der Waals surface area contributed by atoms with Gasteiger partial charge in [0.1, 0.15) is 17.6 Å². The van der Waals surface area contributed by atoms with Gasteiger partial charge in [0.2, 0.25) is 5.91 Å². The Bertz CT molecular complexity index is 681. The van der Waals surface area contributed by atoms with Crippen molar-refractivity contribution in [3.05, 3.63) is 35.6 Å². The van der Waals surface area contributed by atoms with E-state index in [2.05, 4.69) is 12.2 Å². The van der Waals surface area contributed by atoms with Crippen LogP contribution < -0.4 is 5.32 Å². The molecule has 1 aromatic rings. The summed E-state index contributed by atoms with van der Waals surface area (Å²) in [7, 11) is 0. The van der Waals surface area contributed by atoms with Crippen LogP contribution in [0.5, 0.6) is 0 Å². The van der Waals surface area contributed by atoms with Crippen LogP contribution in [0.2, 0.25) is 0 Å². The Morgan fingerprint density at radius 3 is 2.85 bits per heavy atom. The van der Waals surface area contributed by atoms with Crippen LogP contribution in [0.15, 0.2) is 24.3 Å². The second kappa shape index (κ2) is 7.74. The molecule has 1 N–H and O–H groups in total. The van der Waals surface area contributed by atoms with Crippen molar-refractivity contribution >= 4 is 11.8 Å². The van der Waals surface area contributed by atoms with Crippen molar-refractivity contribution in [1.29, 1.82) is 0 Å². The Hall–Kier alpha value is -1.95. The van der Waals surface area contributed by atoms with Crippen LogP contribution in [-0.4, -0.2) is 41.6 Å². The fraction of sp³-hybridized carbons (Fsp3) is 0.600. The van der Waals surface area contributed by atoms with Crippen LogP contribution >= 0.6 is 0 Å². The van der Waals surface area contributed by atoms with Crippen LogP contribution in [-0.2, 0) is 9.53 Å². The maximum atomic E-state index is 14.3. The summed E-state index contributed by atoms with van der Waals surface area (Å²) < 4.78 is 20.4. The van der Waals surface area contributed by atoms with Gasteiger partial charge >= 0.3 is 0 Å². The number of rotatable bonds is 4. The van der Waals surface area contributed by atoms with Crippen molar-refractivity contribution < 1.29 is 18.7 Å². The van der Waals surface area contributed by atoms with Gasteiger partial charge in [-0.2, -0.15) is 0 Å². The first-order valence-corrected chi connectivity index (χ1v) is 9.48. The summed E-state index contributed by atoms with van der Waals surface area (Å²) in [6.07, 6.45) is 4.15. The van der Waals surface area contributed by atoms with Gasteiger partial charge in [-0.15, -0.1) is 0 Å². The van der Waals surface area contributed by atoms with Gasteiger partial charge in [-0.1, -0.05) is 32.4 Å². The van der Waals surface area contributed by atoms with E-state index in [0.29, 0.717) is 25.3 Å². The third-order valence-electron chi connectivity index (χ3n) is 5.37. The zero-order chi connectivity index (χ0) is 18.7. The van der Waals surface area contributed by atoms with Crippen LogP contribution in [0.1, 0.15) is 56.3 Å². The molecule has 1 aliphatic carbocycles. The van der Waals surface area contributed by atoms with E-state index in [1.807, 2.05) is 6.92 Å². The number of hydrogen-bond acceptors (Lipinski definition) is 3. The molecule has 1 saturated carbocycles. The van der Waals surface area contributed by atoms with Gasteiger partial charge in [-0.05, 0) is 43.7 Å². The van der Waals surface area contributed by atoms with Gasteiger partial charge in [-0.25, -0.2) is 4.39 Å². The number of halogens is 1. The first-order chi connectivity index (χ1) is 12.5. The van der Waals surface area contributed by atoms with E-state index in [0.717, 1.165) is 19.3 Å². The van der Waals surface area contributed by atoms with Gasteiger partial charge in [-0.3, -0.25) is 14.5 Å². The number of nitrogens with one attached hydrogen (secondary N) is 1. The highest BCUT2D eigenvalue weighted by molar-refractivity contribution is 5.98. The van der Waals surface area contributed by atoms with Crippen LogP contribution in [0.3, 0.4) is 0 Å². The van der Waals surface area contributed by atoms with Crippen molar-refractivity contribution in [3.63, 3.8) is 0 Å². The Balaban J connectivity index is 1.95. The monoisotopic (exact) mass is 362 g/mol. The van der Waals surface area contributed by atoms with Crippen molar-refractivity contribution in [2.75, 3.05) is 13.2 Å². The van der Waals surface area contributed by atoms with Gasteiger partial charge in [0.25, 0.3) is 5.91 Å². The number of amides is 2.